The minimum atomic E-state index is -5.56. The first kappa shape index (κ1) is 14.9. The molecule has 1 fully saturated rings. The van der Waals surface area contributed by atoms with Crippen molar-refractivity contribution in [2.24, 2.45) is 0 Å². The van der Waals surface area contributed by atoms with Crippen molar-refractivity contribution in [3.05, 3.63) is 0 Å². The maximum atomic E-state index is 12.4. The van der Waals surface area contributed by atoms with E-state index >= 15 is 0 Å². The highest BCUT2D eigenvalue weighted by Crippen LogP contribution is 2.37. The Hall–Kier alpha value is -1.12. The van der Waals surface area contributed by atoms with Crippen molar-refractivity contribution < 1.29 is 41.0 Å². The summed E-state index contributed by atoms with van der Waals surface area (Å²) in [6.45, 7) is -0.788. The predicted octanol–water partition coefficient (Wildman–Crippen LogP) is 2.52. The van der Waals surface area contributed by atoms with Gasteiger partial charge in [0.05, 0.1) is 13.2 Å². The Bertz CT molecular complexity index is 291. The van der Waals surface area contributed by atoms with Gasteiger partial charge in [0, 0.05) is 12.8 Å². The first-order valence-corrected chi connectivity index (χ1v) is 5.08. The molecular weight excluding hydrogens is 267 g/mol. The Morgan fingerprint density at radius 3 is 2.39 bits per heavy atom. The normalized spacial score (nSPS) is 20.7. The van der Waals surface area contributed by atoms with Crippen LogP contribution in [0.1, 0.15) is 12.8 Å². The number of rotatable bonds is 6. The van der Waals surface area contributed by atoms with E-state index in [9.17, 15) is 26.7 Å². The highest BCUT2D eigenvalue weighted by molar-refractivity contribution is 5.61. The highest BCUT2D eigenvalue weighted by atomic mass is 19.4. The van der Waals surface area contributed by atoms with Crippen LogP contribution in [0.25, 0.3) is 0 Å². The molecule has 4 nitrogen and oxygen atoms in total. The molecule has 1 heterocycles. The summed E-state index contributed by atoms with van der Waals surface area (Å²) >= 11 is 0. The molecule has 1 saturated heterocycles. The van der Waals surface area contributed by atoms with Crippen molar-refractivity contribution in [3.63, 3.8) is 0 Å². The van der Waals surface area contributed by atoms with Crippen LogP contribution < -0.4 is 0 Å². The van der Waals surface area contributed by atoms with Gasteiger partial charge in [0.15, 0.2) is 0 Å². The van der Waals surface area contributed by atoms with Crippen LogP contribution in [-0.4, -0.2) is 44.2 Å². The SMILES string of the molecule is O=C1OCC(CCOCCC(F)(F)C(F)(F)F)O1. The molecule has 0 saturated carbocycles. The molecule has 0 spiro atoms. The van der Waals surface area contributed by atoms with Crippen LogP contribution in [0.15, 0.2) is 0 Å². The lowest BCUT2D eigenvalue weighted by Gasteiger charge is -2.19. The van der Waals surface area contributed by atoms with Crippen LogP contribution in [0.3, 0.4) is 0 Å². The lowest BCUT2D eigenvalue weighted by molar-refractivity contribution is -0.287. The number of hydrogen-bond acceptors (Lipinski definition) is 4. The number of carbonyl (C=O) groups is 1. The number of ether oxygens (including phenoxy) is 3. The Morgan fingerprint density at radius 1 is 1.22 bits per heavy atom. The maximum Gasteiger partial charge on any atom is 0.508 e. The molecule has 0 N–H and O–H groups in total. The van der Waals surface area contributed by atoms with E-state index in [-0.39, 0.29) is 19.6 Å². The van der Waals surface area contributed by atoms with E-state index in [1.807, 2.05) is 0 Å². The minimum absolute atomic E-state index is 0.0287. The van der Waals surface area contributed by atoms with E-state index in [0.717, 1.165) is 0 Å². The number of carbonyl (C=O) groups excluding carboxylic acids is 1. The summed E-state index contributed by atoms with van der Waals surface area (Å²) in [4.78, 5) is 10.5. The fourth-order valence-electron chi connectivity index (χ4n) is 1.17. The second-order valence-corrected chi connectivity index (χ2v) is 3.65. The first-order chi connectivity index (χ1) is 8.22. The van der Waals surface area contributed by atoms with E-state index in [1.165, 1.54) is 0 Å². The van der Waals surface area contributed by atoms with Crippen LogP contribution in [0.2, 0.25) is 0 Å². The Morgan fingerprint density at radius 2 is 1.89 bits per heavy atom. The van der Waals surface area contributed by atoms with E-state index in [1.54, 1.807) is 0 Å². The molecule has 1 rings (SSSR count). The van der Waals surface area contributed by atoms with Crippen molar-refractivity contribution in [1.82, 2.24) is 0 Å². The van der Waals surface area contributed by atoms with Gasteiger partial charge in [-0.1, -0.05) is 0 Å². The molecule has 0 aromatic heterocycles. The summed E-state index contributed by atoms with van der Waals surface area (Å²) in [6, 6.07) is 0. The summed E-state index contributed by atoms with van der Waals surface area (Å²) in [5.41, 5.74) is 0. The average molecular weight is 278 g/mol. The zero-order chi connectivity index (χ0) is 13.8. The summed E-state index contributed by atoms with van der Waals surface area (Å²) < 4.78 is 73.8. The standard InChI is InChI=1S/C9H11F5O4/c10-8(11,9(12,13)14)2-4-16-3-1-6-5-17-7(15)18-6/h6H,1-5H2. The molecule has 0 radical (unpaired) electrons. The van der Waals surface area contributed by atoms with Gasteiger partial charge in [-0.05, 0) is 0 Å². The molecule has 1 aliphatic rings. The molecule has 0 aromatic rings. The Labute approximate surface area is 99.0 Å². The fourth-order valence-corrected chi connectivity index (χ4v) is 1.17. The highest BCUT2D eigenvalue weighted by Gasteiger charge is 2.56. The Kier molecular flexibility index (Phi) is 4.71. The summed E-state index contributed by atoms with van der Waals surface area (Å²) in [5, 5.41) is 0. The van der Waals surface area contributed by atoms with Crippen LogP contribution >= 0.6 is 0 Å². The van der Waals surface area contributed by atoms with E-state index in [4.69, 9.17) is 0 Å². The Balaban J connectivity index is 2.10. The predicted molar refractivity (Wildman–Crippen MR) is 47.3 cm³/mol. The van der Waals surface area contributed by atoms with Crippen molar-refractivity contribution in [3.8, 4) is 0 Å². The topological polar surface area (TPSA) is 44.8 Å². The van der Waals surface area contributed by atoms with Gasteiger partial charge < -0.3 is 14.2 Å². The van der Waals surface area contributed by atoms with Crippen molar-refractivity contribution in [1.29, 1.82) is 0 Å². The number of hydrogen-bond donors (Lipinski definition) is 0. The number of halogens is 5. The van der Waals surface area contributed by atoms with Crippen molar-refractivity contribution >= 4 is 6.16 Å². The van der Waals surface area contributed by atoms with E-state index < -0.39 is 37.4 Å². The molecule has 1 unspecified atom stereocenters. The van der Waals surface area contributed by atoms with Gasteiger partial charge in [-0.25, -0.2) is 4.79 Å². The second-order valence-electron chi connectivity index (χ2n) is 3.65. The van der Waals surface area contributed by atoms with Crippen molar-refractivity contribution in [2.45, 2.75) is 31.0 Å². The molecule has 0 aliphatic carbocycles. The minimum Gasteiger partial charge on any atom is -0.430 e. The van der Waals surface area contributed by atoms with E-state index in [0.29, 0.717) is 0 Å². The largest absolute Gasteiger partial charge is 0.508 e. The summed E-state index contributed by atoms with van der Waals surface area (Å²) in [5.74, 6) is -4.75. The van der Waals surface area contributed by atoms with Crippen LogP contribution in [-0.2, 0) is 14.2 Å². The molecular formula is C9H11F5O4. The van der Waals surface area contributed by atoms with Crippen LogP contribution in [0.5, 0.6) is 0 Å². The summed E-state index contributed by atoms with van der Waals surface area (Å²) in [6.07, 6.45) is -8.18. The monoisotopic (exact) mass is 278 g/mol. The van der Waals surface area contributed by atoms with Gasteiger partial charge in [-0.3, -0.25) is 0 Å². The van der Waals surface area contributed by atoms with Crippen LogP contribution in [0.4, 0.5) is 26.7 Å². The van der Waals surface area contributed by atoms with Gasteiger partial charge >= 0.3 is 18.3 Å². The molecule has 0 bridgehead atoms. The second kappa shape index (κ2) is 5.68. The molecule has 1 aliphatic heterocycles. The molecule has 18 heavy (non-hydrogen) atoms. The number of alkyl halides is 5. The summed E-state index contributed by atoms with van der Waals surface area (Å²) in [7, 11) is 0. The van der Waals surface area contributed by atoms with Gasteiger partial charge in [0.1, 0.15) is 12.7 Å². The fraction of sp³-hybridized carbons (Fsp3) is 0.889. The zero-order valence-electron chi connectivity index (χ0n) is 9.14. The maximum absolute atomic E-state index is 12.4. The van der Waals surface area contributed by atoms with Gasteiger partial charge in [0.25, 0.3) is 0 Å². The van der Waals surface area contributed by atoms with Crippen LogP contribution in [0, 0.1) is 0 Å². The average Bonchev–Trinajstić information content (AvgIpc) is 2.62. The van der Waals surface area contributed by atoms with Gasteiger partial charge in [-0.15, -0.1) is 0 Å². The third kappa shape index (κ3) is 4.28. The molecule has 106 valence electrons. The third-order valence-electron chi connectivity index (χ3n) is 2.21. The molecule has 9 heteroatoms. The lowest BCUT2D eigenvalue weighted by atomic mass is 10.2. The quantitative estimate of drug-likeness (QED) is 0.425. The zero-order valence-corrected chi connectivity index (χ0v) is 9.14. The molecule has 0 amide bonds. The van der Waals surface area contributed by atoms with Gasteiger partial charge in [0.2, 0.25) is 0 Å². The van der Waals surface area contributed by atoms with Crippen molar-refractivity contribution in [2.75, 3.05) is 19.8 Å². The molecule has 0 aromatic carbocycles. The molecule has 1 atom stereocenters. The number of cyclic esters (lactones) is 2. The first-order valence-electron chi connectivity index (χ1n) is 5.08. The lowest BCUT2D eigenvalue weighted by Crippen LogP contribution is -2.37. The van der Waals surface area contributed by atoms with Gasteiger partial charge in [-0.2, -0.15) is 22.0 Å². The smallest absolute Gasteiger partial charge is 0.430 e. The third-order valence-corrected chi connectivity index (χ3v) is 2.21. The van der Waals surface area contributed by atoms with E-state index in [2.05, 4.69) is 14.2 Å².